The van der Waals surface area contributed by atoms with Crippen LogP contribution in [0.25, 0.3) is 22.2 Å². The van der Waals surface area contributed by atoms with E-state index >= 15 is 0 Å². The Bertz CT molecular complexity index is 2280. The number of nitrogens with zero attached hydrogens (tertiary/aromatic N) is 3. The summed E-state index contributed by atoms with van der Waals surface area (Å²) in [7, 11) is -2.30. The van der Waals surface area contributed by atoms with Crippen molar-refractivity contribution in [2.45, 2.75) is 106 Å². The molecule has 1 aromatic heterocycles. The summed E-state index contributed by atoms with van der Waals surface area (Å²) in [6, 6.07) is 16.0. The van der Waals surface area contributed by atoms with Crippen LogP contribution in [0.15, 0.2) is 66.7 Å². The maximum absolute atomic E-state index is 14.9. The molecule has 4 amide bonds. The van der Waals surface area contributed by atoms with Crippen molar-refractivity contribution in [3.8, 4) is 22.8 Å². The summed E-state index contributed by atoms with van der Waals surface area (Å²) < 4.78 is 46.2. The first-order valence-corrected chi connectivity index (χ1v) is 22.5. The number of morpholine rings is 1. The fourth-order valence-electron chi connectivity index (χ4n) is 9.35. The Morgan fingerprint density at radius 1 is 1.02 bits per heavy atom. The molecule has 2 bridgehead atoms. The number of hydrogen-bond donors (Lipinski definition) is 2. The predicted molar refractivity (Wildman–Crippen MR) is 218 cm³/mol. The Balaban J connectivity index is 1.04. The monoisotopic (exact) mass is 825 g/mol. The number of aromatic nitrogens is 1. The van der Waals surface area contributed by atoms with Crippen LogP contribution in [0, 0.1) is 11.8 Å². The molecule has 5 heterocycles. The van der Waals surface area contributed by atoms with Crippen LogP contribution < -0.4 is 19.5 Å². The van der Waals surface area contributed by atoms with Crippen LogP contribution in [0.4, 0.5) is 0 Å². The second kappa shape index (κ2) is 15.9. The number of benzene rings is 2. The third-order valence-corrected chi connectivity index (χ3v) is 14.8. The van der Waals surface area contributed by atoms with Gasteiger partial charge in [0.05, 0.1) is 48.9 Å². The van der Waals surface area contributed by atoms with E-state index in [0.717, 1.165) is 43.1 Å². The first-order chi connectivity index (χ1) is 28.5. The predicted octanol–water partition coefficient (Wildman–Crippen LogP) is 4.27. The molecule has 14 nitrogen and oxygen atoms in total. The van der Waals surface area contributed by atoms with Gasteiger partial charge in [-0.3, -0.25) is 23.9 Å². The van der Waals surface area contributed by atoms with Crippen molar-refractivity contribution in [1.29, 1.82) is 0 Å². The molecule has 2 N–H and O–H groups in total. The van der Waals surface area contributed by atoms with Crippen LogP contribution in [0.3, 0.4) is 0 Å². The number of allylic oxidation sites excluding steroid dienone is 1. The number of ether oxygens (including phenoxy) is 3. The van der Waals surface area contributed by atoms with Crippen molar-refractivity contribution >= 4 is 44.6 Å². The number of pyridine rings is 1. The lowest BCUT2D eigenvalue weighted by molar-refractivity contribution is -0.146. The summed E-state index contributed by atoms with van der Waals surface area (Å²) in [5.41, 5.74) is 0.704. The molecule has 0 radical (unpaired) electrons. The average Bonchev–Trinajstić information content (AvgIpc) is 4.06. The largest absolute Gasteiger partial charge is 0.497 e. The van der Waals surface area contributed by atoms with Crippen LogP contribution in [-0.4, -0.2) is 109 Å². The quantitative estimate of drug-likeness (QED) is 0.297. The molecule has 3 aromatic rings. The Kier molecular flexibility index (Phi) is 10.6. The minimum absolute atomic E-state index is 0.00761. The summed E-state index contributed by atoms with van der Waals surface area (Å²) in [6.07, 6.45) is 8.97. The van der Waals surface area contributed by atoms with Crippen LogP contribution in [-0.2, 0) is 33.9 Å². The molecule has 4 unspecified atom stereocenters. The zero-order chi connectivity index (χ0) is 40.9. The fourth-order valence-corrected chi connectivity index (χ4v) is 10.7. The van der Waals surface area contributed by atoms with Gasteiger partial charge >= 0.3 is 0 Å². The highest BCUT2D eigenvalue weighted by atomic mass is 32.2. The molecule has 312 valence electrons. The Morgan fingerprint density at radius 2 is 1.85 bits per heavy atom. The smallest absolute Gasteiger partial charge is 0.259 e. The van der Waals surface area contributed by atoms with Crippen LogP contribution in [0.1, 0.15) is 70.6 Å². The van der Waals surface area contributed by atoms with Gasteiger partial charge in [0, 0.05) is 54.3 Å². The molecule has 4 aliphatic heterocycles. The number of hydrogen-bond acceptors (Lipinski definition) is 10. The van der Waals surface area contributed by atoms with Crippen molar-refractivity contribution in [1.82, 2.24) is 24.8 Å². The zero-order valence-electron chi connectivity index (χ0n) is 33.2. The molecule has 2 aliphatic carbocycles. The first kappa shape index (κ1) is 39.4. The lowest BCUT2D eigenvalue weighted by Crippen LogP contribution is -2.57. The standard InChI is InChI=1S/C44H51N5O9S/c1-56-31-14-17-35-37(20-31)45-36(27-10-7-5-8-11-27)22-39(35)58-33-21-38-41(51)46-44(43(53)47-59(54,55)34-15-16-34)23-29(44)13-9-4-2-3-6-12-28(42(52)49(38)25-33)18-40(50)48-24-32-19-30(48)26-57-32/h5,7-11,13-14,17,20,22,28-30,32-34,38H,2-4,6,12,15-16,18-19,21,23-26H2,1H3,(H,46,51)(H,47,53)/b13-9-/t28-,29?,30?,32?,33-,38+,44?/m1/s1. The molecule has 2 saturated carbocycles. The fraction of sp³-hybridized carbons (Fsp3) is 0.523. The van der Waals surface area contributed by atoms with Crippen LogP contribution in [0.2, 0.25) is 0 Å². The van der Waals surface area contributed by atoms with Gasteiger partial charge in [0.1, 0.15) is 29.2 Å². The number of amides is 4. The first-order valence-electron chi connectivity index (χ1n) is 21.0. The molecule has 59 heavy (non-hydrogen) atoms. The van der Waals surface area contributed by atoms with Gasteiger partial charge in [-0.1, -0.05) is 55.3 Å². The van der Waals surface area contributed by atoms with Crippen LogP contribution in [0.5, 0.6) is 11.5 Å². The van der Waals surface area contributed by atoms with Crippen molar-refractivity contribution in [3.63, 3.8) is 0 Å². The highest BCUT2D eigenvalue weighted by molar-refractivity contribution is 7.91. The third-order valence-electron chi connectivity index (χ3n) is 12.9. The van der Waals surface area contributed by atoms with Gasteiger partial charge in [-0.15, -0.1) is 0 Å². The third kappa shape index (κ3) is 8.03. The Labute approximate surface area is 344 Å². The van der Waals surface area contributed by atoms with E-state index in [2.05, 4.69) is 10.0 Å². The van der Waals surface area contributed by atoms with Crippen molar-refractivity contribution in [2.75, 3.05) is 26.8 Å². The second-order valence-electron chi connectivity index (χ2n) is 17.0. The number of fused-ring (bicyclic) bond motifs is 5. The van der Waals surface area contributed by atoms with Gasteiger partial charge in [-0.25, -0.2) is 13.4 Å². The molecule has 15 heteroatoms. The van der Waals surface area contributed by atoms with Gasteiger partial charge in [0.2, 0.25) is 27.7 Å². The lowest BCUT2D eigenvalue weighted by Gasteiger charge is -2.31. The maximum Gasteiger partial charge on any atom is 0.259 e. The summed E-state index contributed by atoms with van der Waals surface area (Å²) >= 11 is 0. The number of nitrogens with one attached hydrogen (secondary N) is 2. The summed E-state index contributed by atoms with van der Waals surface area (Å²) in [5, 5.41) is 3.06. The molecule has 0 spiro atoms. The van der Waals surface area contributed by atoms with Crippen molar-refractivity contribution < 1.29 is 41.8 Å². The van der Waals surface area contributed by atoms with Gasteiger partial charge in [0.25, 0.3) is 5.91 Å². The minimum Gasteiger partial charge on any atom is -0.497 e. The van der Waals surface area contributed by atoms with E-state index in [1.165, 1.54) is 4.90 Å². The van der Waals surface area contributed by atoms with Gasteiger partial charge in [-0.05, 0) is 57.1 Å². The number of rotatable bonds is 9. The van der Waals surface area contributed by atoms with Crippen molar-refractivity contribution in [2.24, 2.45) is 11.8 Å². The van der Waals surface area contributed by atoms with Gasteiger partial charge in [0.15, 0.2) is 0 Å². The SMILES string of the molecule is COc1ccc2c(O[C@@H]3C[C@H]4C(=O)NC5(C(=O)NS(=O)(=O)C6CC6)CC5/C=C\CCCCC[C@H](CC(=O)N5CC6CC5CO6)C(=O)N4C3)cc(-c3ccccc3)nc2c1. The number of carbonyl (C=O) groups is 4. The average molecular weight is 826 g/mol. The van der Waals surface area contributed by atoms with E-state index in [9.17, 15) is 27.6 Å². The maximum atomic E-state index is 14.9. The molecule has 9 rings (SSSR count). The number of sulfonamides is 1. The summed E-state index contributed by atoms with van der Waals surface area (Å²) in [6.45, 7) is 1.07. The number of methoxy groups -OCH3 is 1. The molecule has 6 aliphatic rings. The topological polar surface area (TPSA) is 174 Å². The second-order valence-corrected chi connectivity index (χ2v) is 19.0. The highest BCUT2D eigenvalue weighted by Crippen LogP contribution is 2.46. The summed E-state index contributed by atoms with van der Waals surface area (Å²) in [4.78, 5) is 65.6. The van der Waals surface area contributed by atoms with E-state index in [-0.39, 0.29) is 49.8 Å². The van der Waals surface area contributed by atoms with E-state index in [0.29, 0.717) is 55.1 Å². The molecule has 3 saturated heterocycles. The number of carbonyl (C=O) groups excluding carboxylic acids is 4. The molecule has 5 fully saturated rings. The molecule has 2 aromatic carbocycles. The zero-order valence-corrected chi connectivity index (χ0v) is 34.0. The minimum atomic E-state index is -3.89. The van der Waals surface area contributed by atoms with Crippen molar-refractivity contribution in [3.05, 3.63) is 66.7 Å². The molecular weight excluding hydrogens is 775 g/mol. The normalized spacial score (nSPS) is 30.1. The molecule has 7 atom stereocenters. The van der Waals surface area contributed by atoms with E-state index in [1.54, 1.807) is 7.11 Å². The van der Waals surface area contributed by atoms with E-state index in [1.807, 2.05) is 71.6 Å². The van der Waals surface area contributed by atoms with Gasteiger partial charge < -0.3 is 29.3 Å². The van der Waals surface area contributed by atoms with Crippen LogP contribution >= 0.6 is 0 Å². The molecular formula is C44H51N5O9S. The lowest BCUT2D eigenvalue weighted by atomic mass is 9.94. The van der Waals surface area contributed by atoms with E-state index in [4.69, 9.17) is 19.2 Å². The van der Waals surface area contributed by atoms with Gasteiger partial charge in [-0.2, -0.15) is 0 Å². The Morgan fingerprint density at radius 3 is 2.59 bits per heavy atom. The Hall–Kier alpha value is -5.02. The van der Waals surface area contributed by atoms with E-state index < -0.39 is 56.6 Å². The number of likely N-dealkylation sites (tertiary alicyclic amines) is 1. The summed E-state index contributed by atoms with van der Waals surface area (Å²) in [5.74, 6) is -1.67. The highest BCUT2D eigenvalue weighted by Gasteiger charge is 2.62.